The summed E-state index contributed by atoms with van der Waals surface area (Å²) in [5, 5.41) is 0. The zero-order valence-electron chi connectivity index (χ0n) is 13.7. The number of allylic oxidation sites excluding steroid dienone is 2. The second kappa shape index (κ2) is 10.00. The van der Waals surface area contributed by atoms with Crippen molar-refractivity contribution in [2.24, 2.45) is 5.92 Å². The van der Waals surface area contributed by atoms with Gasteiger partial charge in [0.25, 0.3) is 0 Å². The lowest BCUT2D eigenvalue weighted by molar-refractivity contribution is 0.516. The van der Waals surface area contributed by atoms with Crippen LogP contribution in [0, 0.1) is 5.92 Å². The molecule has 0 N–H and O–H groups in total. The molecule has 2 aromatic rings. The lowest BCUT2D eigenvalue weighted by Crippen LogP contribution is -1.94. The maximum Gasteiger partial charge on any atom is -0.0244 e. The summed E-state index contributed by atoms with van der Waals surface area (Å²) in [6.07, 6.45) is 12.1. The molecule has 1 atom stereocenters. The van der Waals surface area contributed by atoms with E-state index in [1.165, 1.54) is 36.8 Å². The third kappa shape index (κ3) is 6.76. The van der Waals surface area contributed by atoms with E-state index in [9.17, 15) is 0 Å². The van der Waals surface area contributed by atoms with Crippen LogP contribution in [-0.4, -0.2) is 0 Å². The van der Waals surface area contributed by atoms with Gasteiger partial charge in [-0.1, -0.05) is 86.2 Å². The Morgan fingerprint density at radius 3 is 2.00 bits per heavy atom. The van der Waals surface area contributed by atoms with Gasteiger partial charge in [0.1, 0.15) is 0 Å². The molecular formula is C22H28. The van der Waals surface area contributed by atoms with Gasteiger partial charge in [-0.3, -0.25) is 0 Å². The van der Waals surface area contributed by atoms with Crippen LogP contribution in [0.4, 0.5) is 0 Å². The van der Waals surface area contributed by atoms with Crippen molar-refractivity contribution in [2.45, 2.75) is 45.4 Å². The number of rotatable bonds is 9. The first-order valence-corrected chi connectivity index (χ1v) is 8.57. The second-order valence-corrected chi connectivity index (χ2v) is 6.21. The van der Waals surface area contributed by atoms with Gasteiger partial charge in [0.2, 0.25) is 0 Å². The Hall–Kier alpha value is -1.82. The summed E-state index contributed by atoms with van der Waals surface area (Å²) < 4.78 is 0. The van der Waals surface area contributed by atoms with Crippen LogP contribution in [0.1, 0.15) is 43.7 Å². The number of aryl methyl sites for hydroxylation is 2. The van der Waals surface area contributed by atoms with Crippen molar-refractivity contribution in [1.29, 1.82) is 0 Å². The van der Waals surface area contributed by atoms with Gasteiger partial charge in [0.15, 0.2) is 0 Å². The molecule has 2 aromatic carbocycles. The van der Waals surface area contributed by atoms with Gasteiger partial charge >= 0.3 is 0 Å². The van der Waals surface area contributed by atoms with Crippen LogP contribution in [0.25, 0.3) is 0 Å². The highest BCUT2D eigenvalue weighted by Crippen LogP contribution is 2.14. The zero-order chi connectivity index (χ0) is 15.5. The summed E-state index contributed by atoms with van der Waals surface area (Å²) in [7, 11) is 0. The summed E-state index contributed by atoms with van der Waals surface area (Å²) in [5.41, 5.74) is 2.90. The maximum absolute atomic E-state index is 2.37. The van der Waals surface area contributed by atoms with Crippen LogP contribution in [0.15, 0.2) is 72.8 Å². The Labute approximate surface area is 135 Å². The summed E-state index contributed by atoms with van der Waals surface area (Å²) in [5.74, 6) is 0.789. The average molecular weight is 292 g/mol. The monoisotopic (exact) mass is 292 g/mol. The molecule has 0 radical (unpaired) electrons. The fraction of sp³-hybridized carbons (Fsp3) is 0.364. The van der Waals surface area contributed by atoms with Gasteiger partial charge in [-0.15, -0.1) is 0 Å². The third-order valence-corrected chi connectivity index (χ3v) is 4.15. The molecule has 0 aromatic heterocycles. The minimum atomic E-state index is 0.789. The predicted octanol–water partition coefficient (Wildman–Crippen LogP) is 6.22. The van der Waals surface area contributed by atoms with E-state index in [0.29, 0.717) is 0 Å². The fourth-order valence-electron chi connectivity index (χ4n) is 2.76. The van der Waals surface area contributed by atoms with E-state index < -0.39 is 0 Å². The zero-order valence-corrected chi connectivity index (χ0v) is 13.7. The van der Waals surface area contributed by atoms with Crippen molar-refractivity contribution in [3.63, 3.8) is 0 Å². The quantitative estimate of drug-likeness (QED) is 0.481. The summed E-state index contributed by atoms with van der Waals surface area (Å²) in [6, 6.07) is 21.6. The molecule has 22 heavy (non-hydrogen) atoms. The molecule has 0 aliphatic carbocycles. The van der Waals surface area contributed by atoms with Crippen molar-refractivity contribution >= 4 is 0 Å². The first kappa shape index (κ1) is 16.5. The van der Waals surface area contributed by atoms with Gasteiger partial charge in [-0.25, -0.2) is 0 Å². The molecule has 0 fully saturated rings. The van der Waals surface area contributed by atoms with Gasteiger partial charge in [0, 0.05) is 0 Å². The van der Waals surface area contributed by atoms with Crippen molar-refractivity contribution in [1.82, 2.24) is 0 Å². The Morgan fingerprint density at radius 1 is 0.773 bits per heavy atom. The Morgan fingerprint density at radius 2 is 1.36 bits per heavy atom. The normalized spacial score (nSPS) is 12.6. The van der Waals surface area contributed by atoms with Gasteiger partial charge in [-0.2, -0.15) is 0 Å². The molecule has 0 saturated carbocycles. The highest BCUT2D eigenvalue weighted by atomic mass is 14.1. The first-order chi connectivity index (χ1) is 10.8. The lowest BCUT2D eigenvalue weighted by atomic mass is 9.98. The molecule has 0 heterocycles. The molecule has 0 heteroatoms. The lowest BCUT2D eigenvalue weighted by Gasteiger charge is -2.08. The molecule has 0 aliphatic rings. The minimum absolute atomic E-state index is 0.789. The van der Waals surface area contributed by atoms with E-state index >= 15 is 0 Å². The van der Waals surface area contributed by atoms with Crippen LogP contribution in [0.3, 0.4) is 0 Å². The summed E-state index contributed by atoms with van der Waals surface area (Å²) in [6.45, 7) is 2.37. The van der Waals surface area contributed by atoms with Crippen molar-refractivity contribution in [2.75, 3.05) is 0 Å². The predicted molar refractivity (Wildman–Crippen MR) is 97.1 cm³/mol. The second-order valence-electron chi connectivity index (χ2n) is 6.21. The van der Waals surface area contributed by atoms with E-state index in [4.69, 9.17) is 0 Å². The van der Waals surface area contributed by atoms with Crippen LogP contribution in [-0.2, 0) is 12.8 Å². The fourth-order valence-corrected chi connectivity index (χ4v) is 2.76. The van der Waals surface area contributed by atoms with Crippen LogP contribution in [0.5, 0.6) is 0 Å². The Balaban J connectivity index is 1.55. The van der Waals surface area contributed by atoms with E-state index in [0.717, 1.165) is 18.8 Å². The number of hydrogen-bond donors (Lipinski definition) is 0. The smallest absolute Gasteiger partial charge is 0.0244 e. The molecule has 0 saturated heterocycles. The molecule has 0 aliphatic heterocycles. The van der Waals surface area contributed by atoms with Crippen molar-refractivity contribution < 1.29 is 0 Å². The SMILES string of the molecule is CC(CC=CCCc1ccccc1)CCCc1ccccc1. The van der Waals surface area contributed by atoms with E-state index in [1.807, 2.05) is 0 Å². The Kier molecular flexibility index (Phi) is 7.52. The molecule has 2 rings (SSSR count). The summed E-state index contributed by atoms with van der Waals surface area (Å²) in [4.78, 5) is 0. The molecule has 116 valence electrons. The van der Waals surface area contributed by atoms with Crippen molar-refractivity contribution in [3.8, 4) is 0 Å². The minimum Gasteiger partial charge on any atom is -0.0883 e. The highest BCUT2D eigenvalue weighted by molar-refractivity contribution is 5.15. The van der Waals surface area contributed by atoms with Crippen LogP contribution in [0.2, 0.25) is 0 Å². The standard InChI is InChI=1S/C22H28/c1-20(13-11-19-22-17-9-4-10-18-22)12-5-2-6-14-21-15-7-3-8-16-21/h2-5,7-10,15-18,20H,6,11-14,19H2,1H3. The van der Waals surface area contributed by atoms with Crippen LogP contribution < -0.4 is 0 Å². The van der Waals surface area contributed by atoms with Crippen molar-refractivity contribution in [3.05, 3.63) is 83.9 Å². The highest BCUT2D eigenvalue weighted by Gasteiger charge is 2.00. The largest absolute Gasteiger partial charge is 0.0883 e. The van der Waals surface area contributed by atoms with Gasteiger partial charge in [0.05, 0.1) is 0 Å². The van der Waals surface area contributed by atoms with E-state index in [2.05, 4.69) is 79.7 Å². The van der Waals surface area contributed by atoms with E-state index in [1.54, 1.807) is 0 Å². The molecule has 0 spiro atoms. The molecule has 1 unspecified atom stereocenters. The van der Waals surface area contributed by atoms with Crippen LogP contribution >= 0.6 is 0 Å². The topological polar surface area (TPSA) is 0 Å². The molecule has 0 amide bonds. The Bertz CT molecular complexity index is 524. The summed E-state index contributed by atoms with van der Waals surface area (Å²) >= 11 is 0. The molecule has 0 nitrogen and oxygen atoms in total. The van der Waals surface area contributed by atoms with Gasteiger partial charge in [-0.05, 0) is 49.1 Å². The number of benzene rings is 2. The molecule has 0 bridgehead atoms. The third-order valence-electron chi connectivity index (χ3n) is 4.15. The van der Waals surface area contributed by atoms with E-state index in [-0.39, 0.29) is 0 Å². The average Bonchev–Trinajstić information content (AvgIpc) is 2.56. The van der Waals surface area contributed by atoms with Gasteiger partial charge < -0.3 is 0 Å². The maximum atomic E-state index is 2.37. The first-order valence-electron chi connectivity index (χ1n) is 8.57. The number of hydrogen-bond acceptors (Lipinski definition) is 0. The molecular weight excluding hydrogens is 264 g/mol.